The third-order valence-corrected chi connectivity index (χ3v) is 5.93. The minimum atomic E-state index is -0.568. The van der Waals surface area contributed by atoms with Crippen LogP contribution in [0.3, 0.4) is 0 Å². The molecule has 0 saturated carbocycles. The van der Waals surface area contributed by atoms with E-state index >= 15 is 0 Å². The van der Waals surface area contributed by atoms with Crippen LogP contribution in [0.15, 0.2) is 48.5 Å². The summed E-state index contributed by atoms with van der Waals surface area (Å²) in [4.78, 5) is 27.1. The van der Waals surface area contributed by atoms with Crippen LogP contribution in [0.5, 0.6) is 0 Å². The van der Waals surface area contributed by atoms with Crippen molar-refractivity contribution in [1.29, 1.82) is 0 Å². The summed E-state index contributed by atoms with van der Waals surface area (Å²) in [7, 11) is 1.66. The fraction of sp³-hybridized carbons (Fsp3) is 0.417. The van der Waals surface area contributed by atoms with Crippen LogP contribution in [-0.4, -0.2) is 36.9 Å². The lowest BCUT2D eigenvalue weighted by Crippen LogP contribution is -2.50. The van der Waals surface area contributed by atoms with Crippen LogP contribution in [0.25, 0.3) is 11.1 Å². The predicted molar refractivity (Wildman–Crippen MR) is 113 cm³/mol. The van der Waals surface area contributed by atoms with Crippen LogP contribution < -0.4 is 5.32 Å². The molecule has 0 unspecified atom stereocenters. The van der Waals surface area contributed by atoms with Crippen LogP contribution in [0.4, 0.5) is 4.39 Å². The number of carbonyl (C=O) groups excluding carboxylic acids is 2. The van der Waals surface area contributed by atoms with Gasteiger partial charge >= 0.3 is 0 Å². The van der Waals surface area contributed by atoms with E-state index in [2.05, 4.69) is 5.32 Å². The number of amides is 2. The zero-order valence-electron chi connectivity index (χ0n) is 17.2. The topological polar surface area (TPSA) is 49.4 Å². The largest absolute Gasteiger partial charge is 0.359 e. The van der Waals surface area contributed by atoms with Gasteiger partial charge in [-0.3, -0.25) is 9.59 Å². The third kappa shape index (κ3) is 4.66. The van der Waals surface area contributed by atoms with E-state index < -0.39 is 5.41 Å². The van der Waals surface area contributed by atoms with E-state index in [-0.39, 0.29) is 17.6 Å². The number of nitrogens with one attached hydrogen (secondary N) is 1. The van der Waals surface area contributed by atoms with Crippen molar-refractivity contribution in [3.05, 3.63) is 59.9 Å². The Morgan fingerprint density at radius 3 is 2.48 bits per heavy atom. The van der Waals surface area contributed by atoms with E-state index in [1.165, 1.54) is 12.1 Å². The summed E-state index contributed by atoms with van der Waals surface area (Å²) in [5.41, 5.74) is 2.21. The molecule has 5 heteroatoms. The number of likely N-dealkylation sites (tertiary alicyclic amines) is 1. The number of benzene rings is 2. The zero-order chi connectivity index (χ0) is 20.9. The van der Waals surface area contributed by atoms with Crippen molar-refractivity contribution < 1.29 is 14.0 Å². The molecular formula is C24H29FN2O2. The van der Waals surface area contributed by atoms with Gasteiger partial charge in [0.1, 0.15) is 5.82 Å². The number of rotatable bonds is 6. The molecule has 1 aliphatic heterocycles. The summed E-state index contributed by atoms with van der Waals surface area (Å²) in [5, 5.41) is 2.83. The smallest absolute Gasteiger partial charge is 0.226 e. The van der Waals surface area contributed by atoms with Crippen molar-refractivity contribution in [1.82, 2.24) is 10.2 Å². The van der Waals surface area contributed by atoms with Crippen molar-refractivity contribution in [3.63, 3.8) is 0 Å². The molecule has 1 aliphatic rings. The molecule has 1 fully saturated rings. The normalized spacial score (nSPS) is 15.8. The van der Waals surface area contributed by atoms with Gasteiger partial charge in [0.2, 0.25) is 11.8 Å². The molecule has 3 rings (SSSR count). The highest BCUT2D eigenvalue weighted by atomic mass is 19.1. The third-order valence-electron chi connectivity index (χ3n) is 5.93. The molecule has 154 valence electrons. The highest BCUT2D eigenvalue weighted by Gasteiger charge is 2.42. The molecule has 2 aromatic rings. The highest BCUT2D eigenvalue weighted by molar-refractivity contribution is 5.84. The molecule has 0 atom stereocenters. The second kappa shape index (κ2) is 9.21. The molecular weight excluding hydrogens is 367 g/mol. The van der Waals surface area contributed by atoms with E-state index in [0.717, 1.165) is 23.1 Å². The lowest BCUT2D eigenvalue weighted by atomic mass is 9.72. The average Bonchev–Trinajstić information content (AvgIpc) is 2.74. The summed E-state index contributed by atoms with van der Waals surface area (Å²) in [6.45, 7) is 3.18. The number of hydrogen-bond donors (Lipinski definition) is 1. The van der Waals surface area contributed by atoms with Gasteiger partial charge in [0.15, 0.2) is 0 Å². The molecule has 0 aliphatic carbocycles. The van der Waals surface area contributed by atoms with Gasteiger partial charge in [-0.05, 0) is 54.5 Å². The summed E-state index contributed by atoms with van der Waals surface area (Å²) in [6.07, 6.45) is 3.20. The lowest BCUT2D eigenvalue weighted by Gasteiger charge is -2.41. The van der Waals surface area contributed by atoms with Crippen LogP contribution in [-0.2, 0) is 16.0 Å². The van der Waals surface area contributed by atoms with Crippen LogP contribution in [0.1, 0.15) is 38.2 Å². The molecule has 1 heterocycles. The molecule has 1 N–H and O–H groups in total. The highest BCUT2D eigenvalue weighted by Crippen LogP contribution is 2.38. The van der Waals surface area contributed by atoms with E-state index in [4.69, 9.17) is 0 Å². The van der Waals surface area contributed by atoms with Gasteiger partial charge in [0.25, 0.3) is 0 Å². The molecule has 4 nitrogen and oxygen atoms in total. The van der Waals surface area contributed by atoms with Gasteiger partial charge < -0.3 is 10.2 Å². The second-order valence-electron chi connectivity index (χ2n) is 7.83. The Balaban J connectivity index is 1.88. The van der Waals surface area contributed by atoms with Crippen molar-refractivity contribution >= 4 is 11.8 Å². The first-order chi connectivity index (χ1) is 14.0. The van der Waals surface area contributed by atoms with E-state index in [0.29, 0.717) is 38.8 Å². The van der Waals surface area contributed by atoms with Crippen molar-refractivity contribution in [2.45, 2.75) is 39.0 Å². The SMILES string of the molecule is CCCC(=O)N1CCC(Cc2ccccc2-c2cccc(F)c2)(C(=O)NC)CC1. The Labute approximate surface area is 172 Å². The van der Waals surface area contributed by atoms with E-state index in [1.807, 2.05) is 42.2 Å². The standard InChI is InChI=1S/C24H29FN2O2/c1-3-7-22(28)27-14-12-24(13-15-27,23(29)26-2)17-19-8-4-5-11-21(19)18-9-6-10-20(25)16-18/h4-6,8-11,16H,3,7,12-15,17H2,1-2H3,(H,26,29). The summed E-state index contributed by atoms with van der Waals surface area (Å²) >= 11 is 0. The molecule has 2 aromatic carbocycles. The van der Waals surface area contributed by atoms with Crippen LogP contribution >= 0.6 is 0 Å². The number of nitrogens with zero attached hydrogens (tertiary/aromatic N) is 1. The molecule has 0 radical (unpaired) electrons. The maximum atomic E-state index is 13.8. The quantitative estimate of drug-likeness (QED) is 0.796. The van der Waals surface area contributed by atoms with Gasteiger partial charge in [-0.15, -0.1) is 0 Å². The monoisotopic (exact) mass is 396 g/mol. The Bertz CT molecular complexity index is 873. The molecule has 0 aromatic heterocycles. The maximum absolute atomic E-state index is 13.8. The van der Waals surface area contributed by atoms with Crippen molar-refractivity contribution in [3.8, 4) is 11.1 Å². The second-order valence-corrected chi connectivity index (χ2v) is 7.83. The molecule has 2 amide bonds. The van der Waals surface area contributed by atoms with Crippen LogP contribution in [0.2, 0.25) is 0 Å². The molecule has 29 heavy (non-hydrogen) atoms. The van der Waals surface area contributed by atoms with E-state index in [9.17, 15) is 14.0 Å². The van der Waals surface area contributed by atoms with Gasteiger partial charge in [-0.25, -0.2) is 4.39 Å². The van der Waals surface area contributed by atoms with Crippen LogP contribution in [0, 0.1) is 11.2 Å². The predicted octanol–water partition coefficient (Wildman–Crippen LogP) is 4.19. The minimum Gasteiger partial charge on any atom is -0.359 e. The van der Waals surface area contributed by atoms with E-state index in [1.54, 1.807) is 13.1 Å². The maximum Gasteiger partial charge on any atom is 0.226 e. The molecule has 0 bridgehead atoms. The Hall–Kier alpha value is -2.69. The molecule has 0 spiro atoms. The van der Waals surface area contributed by atoms with Gasteiger partial charge in [0, 0.05) is 26.6 Å². The minimum absolute atomic E-state index is 0.00846. The Morgan fingerprint density at radius 1 is 1.10 bits per heavy atom. The summed E-state index contributed by atoms with van der Waals surface area (Å²) in [5.74, 6) is -0.103. The van der Waals surface area contributed by atoms with Crippen molar-refractivity contribution in [2.75, 3.05) is 20.1 Å². The number of piperidine rings is 1. The first-order valence-corrected chi connectivity index (χ1v) is 10.3. The lowest BCUT2D eigenvalue weighted by molar-refractivity contribution is -0.140. The Kier molecular flexibility index (Phi) is 6.68. The number of halogens is 1. The van der Waals surface area contributed by atoms with Crippen molar-refractivity contribution in [2.24, 2.45) is 5.41 Å². The average molecular weight is 397 g/mol. The van der Waals surface area contributed by atoms with Gasteiger partial charge in [-0.1, -0.05) is 43.3 Å². The first-order valence-electron chi connectivity index (χ1n) is 10.3. The Morgan fingerprint density at radius 2 is 1.83 bits per heavy atom. The fourth-order valence-corrected chi connectivity index (χ4v) is 4.28. The number of hydrogen-bond acceptors (Lipinski definition) is 2. The summed E-state index contributed by atoms with van der Waals surface area (Å²) < 4.78 is 13.8. The first kappa shape index (κ1) is 21.0. The zero-order valence-corrected chi connectivity index (χ0v) is 17.2. The van der Waals surface area contributed by atoms with Gasteiger partial charge in [-0.2, -0.15) is 0 Å². The van der Waals surface area contributed by atoms with Gasteiger partial charge in [0.05, 0.1) is 5.41 Å². The number of carbonyl (C=O) groups is 2. The molecule has 1 saturated heterocycles. The summed E-state index contributed by atoms with van der Waals surface area (Å²) in [6, 6.07) is 14.4. The fourth-order valence-electron chi connectivity index (χ4n) is 4.28.